The first-order valence-corrected chi connectivity index (χ1v) is 4.89. The number of halogens is 2. The van der Waals surface area contributed by atoms with Crippen molar-refractivity contribution in [2.75, 3.05) is 14.2 Å². The van der Waals surface area contributed by atoms with E-state index in [0.29, 0.717) is 23.3 Å². The van der Waals surface area contributed by atoms with Crippen molar-refractivity contribution in [1.29, 1.82) is 0 Å². The number of hydrogen-bond acceptors (Lipinski definition) is 2. The molecule has 1 rings (SSSR count). The van der Waals surface area contributed by atoms with Crippen molar-refractivity contribution in [2.45, 2.75) is 13.2 Å². The highest BCUT2D eigenvalue weighted by atomic mass is 35.5. The lowest BCUT2D eigenvalue weighted by Gasteiger charge is -2.08. The Labute approximate surface area is 93.7 Å². The van der Waals surface area contributed by atoms with Gasteiger partial charge in [-0.15, -0.1) is 0 Å². The molecular weight excluding hydrogens is 223 g/mol. The van der Waals surface area contributed by atoms with E-state index in [1.807, 2.05) is 12.1 Å². The SMILES string of the molecule is COCc1cc(Cl)c(COC)cc1Cl. The van der Waals surface area contributed by atoms with Gasteiger partial charge in [-0.3, -0.25) is 0 Å². The van der Waals surface area contributed by atoms with Gasteiger partial charge >= 0.3 is 0 Å². The van der Waals surface area contributed by atoms with Crippen LogP contribution < -0.4 is 0 Å². The van der Waals surface area contributed by atoms with Gasteiger partial charge in [0.25, 0.3) is 0 Å². The lowest BCUT2D eigenvalue weighted by atomic mass is 10.1. The number of ether oxygens (including phenoxy) is 2. The molecule has 0 saturated carbocycles. The van der Waals surface area contributed by atoms with Gasteiger partial charge in [0.2, 0.25) is 0 Å². The fourth-order valence-corrected chi connectivity index (χ4v) is 1.64. The predicted octanol–water partition coefficient (Wildman–Crippen LogP) is 3.29. The van der Waals surface area contributed by atoms with Gasteiger partial charge in [-0.25, -0.2) is 0 Å². The lowest BCUT2D eigenvalue weighted by molar-refractivity contribution is 0.182. The molecule has 4 heteroatoms. The van der Waals surface area contributed by atoms with Crippen LogP contribution in [0.1, 0.15) is 11.1 Å². The van der Waals surface area contributed by atoms with Crippen LogP contribution in [0.5, 0.6) is 0 Å². The van der Waals surface area contributed by atoms with Crippen molar-refractivity contribution in [3.8, 4) is 0 Å². The average Bonchev–Trinajstić information content (AvgIpc) is 2.14. The van der Waals surface area contributed by atoms with E-state index in [4.69, 9.17) is 32.7 Å². The van der Waals surface area contributed by atoms with Crippen LogP contribution in [-0.4, -0.2) is 14.2 Å². The highest BCUT2D eigenvalue weighted by Gasteiger charge is 2.06. The number of hydrogen-bond donors (Lipinski definition) is 0. The smallest absolute Gasteiger partial charge is 0.0728 e. The Morgan fingerprint density at radius 1 is 0.929 bits per heavy atom. The summed E-state index contributed by atoms with van der Waals surface area (Å²) in [4.78, 5) is 0. The summed E-state index contributed by atoms with van der Waals surface area (Å²) in [5.74, 6) is 0. The quantitative estimate of drug-likeness (QED) is 0.797. The average molecular weight is 235 g/mol. The highest BCUT2D eigenvalue weighted by molar-refractivity contribution is 6.34. The summed E-state index contributed by atoms with van der Waals surface area (Å²) >= 11 is 12.0. The van der Waals surface area contributed by atoms with Gasteiger partial charge in [0, 0.05) is 24.3 Å². The predicted molar refractivity (Wildman–Crippen MR) is 57.9 cm³/mol. The zero-order valence-electron chi connectivity index (χ0n) is 8.14. The Morgan fingerprint density at radius 2 is 1.29 bits per heavy atom. The molecule has 0 saturated heterocycles. The highest BCUT2D eigenvalue weighted by Crippen LogP contribution is 2.26. The van der Waals surface area contributed by atoms with E-state index in [2.05, 4.69) is 0 Å². The zero-order valence-corrected chi connectivity index (χ0v) is 9.65. The first-order chi connectivity index (χ1) is 6.69. The summed E-state index contributed by atoms with van der Waals surface area (Å²) in [6.45, 7) is 0.928. The standard InChI is InChI=1S/C10H12Cl2O2/c1-13-5-7-3-10(12)8(6-14-2)4-9(7)11/h3-4H,5-6H2,1-2H3. The zero-order chi connectivity index (χ0) is 10.6. The van der Waals surface area contributed by atoms with Crippen LogP contribution in [0.15, 0.2) is 12.1 Å². The monoisotopic (exact) mass is 234 g/mol. The summed E-state index contributed by atoms with van der Waals surface area (Å²) in [5.41, 5.74) is 1.78. The molecule has 1 aromatic rings. The van der Waals surface area contributed by atoms with Gasteiger partial charge in [0.1, 0.15) is 0 Å². The number of rotatable bonds is 4. The number of methoxy groups -OCH3 is 2. The molecule has 0 aliphatic carbocycles. The van der Waals surface area contributed by atoms with E-state index in [1.165, 1.54) is 0 Å². The van der Waals surface area contributed by atoms with Crippen molar-refractivity contribution in [2.24, 2.45) is 0 Å². The molecule has 0 radical (unpaired) electrons. The van der Waals surface area contributed by atoms with Gasteiger partial charge in [-0.05, 0) is 23.3 Å². The van der Waals surface area contributed by atoms with Crippen LogP contribution in [0.25, 0.3) is 0 Å². The number of benzene rings is 1. The van der Waals surface area contributed by atoms with Crippen LogP contribution >= 0.6 is 23.2 Å². The summed E-state index contributed by atoms with van der Waals surface area (Å²) in [6.07, 6.45) is 0. The molecule has 1 aromatic carbocycles. The van der Waals surface area contributed by atoms with Gasteiger partial charge in [0.05, 0.1) is 13.2 Å². The molecule has 0 unspecified atom stereocenters. The van der Waals surface area contributed by atoms with Crippen molar-refractivity contribution in [1.82, 2.24) is 0 Å². The van der Waals surface area contributed by atoms with E-state index in [1.54, 1.807) is 14.2 Å². The normalized spacial score (nSPS) is 10.6. The maximum atomic E-state index is 6.02. The molecule has 0 amide bonds. The van der Waals surface area contributed by atoms with Crippen LogP contribution in [0.3, 0.4) is 0 Å². The molecule has 78 valence electrons. The largest absolute Gasteiger partial charge is 0.380 e. The third-order valence-electron chi connectivity index (χ3n) is 1.82. The molecule has 0 aromatic heterocycles. The maximum absolute atomic E-state index is 6.02. The molecule has 0 heterocycles. The minimum absolute atomic E-state index is 0.464. The first-order valence-electron chi connectivity index (χ1n) is 4.13. The van der Waals surface area contributed by atoms with E-state index in [-0.39, 0.29) is 0 Å². The van der Waals surface area contributed by atoms with Gasteiger partial charge in [-0.2, -0.15) is 0 Å². The summed E-state index contributed by atoms with van der Waals surface area (Å²) in [6, 6.07) is 3.61. The van der Waals surface area contributed by atoms with E-state index in [9.17, 15) is 0 Å². The van der Waals surface area contributed by atoms with Crippen LogP contribution in [-0.2, 0) is 22.7 Å². The van der Waals surface area contributed by atoms with Gasteiger partial charge < -0.3 is 9.47 Å². The Bertz CT molecular complexity index is 281. The van der Waals surface area contributed by atoms with E-state index >= 15 is 0 Å². The van der Waals surface area contributed by atoms with Crippen molar-refractivity contribution in [3.63, 3.8) is 0 Å². The van der Waals surface area contributed by atoms with Gasteiger partial charge in [-0.1, -0.05) is 23.2 Å². The molecular formula is C10H12Cl2O2. The molecule has 0 fully saturated rings. The van der Waals surface area contributed by atoms with Crippen molar-refractivity contribution in [3.05, 3.63) is 33.3 Å². The fraction of sp³-hybridized carbons (Fsp3) is 0.400. The first kappa shape index (κ1) is 11.8. The molecule has 2 nitrogen and oxygen atoms in total. The topological polar surface area (TPSA) is 18.5 Å². The second-order valence-electron chi connectivity index (χ2n) is 2.90. The van der Waals surface area contributed by atoms with E-state index < -0.39 is 0 Å². The Balaban J connectivity index is 2.97. The second kappa shape index (κ2) is 5.56. The van der Waals surface area contributed by atoms with E-state index in [0.717, 1.165) is 11.1 Å². The minimum atomic E-state index is 0.464. The molecule has 0 aliphatic heterocycles. The lowest BCUT2D eigenvalue weighted by Crippen LogP contribution is -1.94. The summed E-state index contributed by atoms with van der Waals surface area (Å²) in [5, 5.41) is 1.31. The molecule has 14 heavy (non-hydrogen) atoms. The van der Waals surface area contributed by atoms with Crippen molar-refractivity contribution < 1.29 is 9.47 Å². The summed E-state index contributed by atoms with van der Waals surface area (Å²) in [7, 11) is 3.24. The van der Waals surface area contributed by atoms with Crippen LogP contribution in [0, 0.1) is 0 Å². The fourth-order valence-electron chi connectivity index (χ4n) is 1.16. The van der Waals surface area contributed by atoms with Crippen molar-refractivity contribution >= 4 is 23.2 Å². The molecule has 0 bridgehead atoms. The molecule has 0 N–H and O–H groups in total. The molecule has 0 spiro atoms. The Morgan fingerprint density at radius 3 is 1.57 bits per heavy atom. The van der Waals surface area contributed by atoms with Crippen LogP contribution in [0.4, 0.5) is 0 Å². The third-order valence-corrected chi connectivity index (χ3v) is 2.52. The van der Waals surface area contributed by atoms with Gasteiger partial charge in [0.15, 0.2) is 0 Å². The third kappa shape index (κ3) is 2.85. The minimum Gasteiger partial charge on any atom is -0.380 e. The van der Waals surface area contributed by atoms with Crippen LogP contribution in [0.2, 0.25) is 10.0 Å². The Kier molecular flexibility index (Phi) is 4.69. The second-order valence-corrected chi connectivity index (χ2v) is 3.72. The molecule has 0 aliphatic rings. The summed E-state index contributed by atoms with van der Waals surface area (Å²) < 4.78 is 9.98. The Hall–Kier alpha value is -0.280. The maximum Gasteiger partial charge on any atom is 0.0728 e. The molecule has 0 atom stereocenters.